The summed E-state index contributed by atoms with van der Waals surface area (Å²) in [5.74, 6) is 1.16. The predicted molar refractivity (Wildman–Crippen MR) is 111 cm³/mol. The molecule has 2 fully saturated rings. The van der Waals surface area contributed by atoms with Crippen LogP contribution in [0.25, 0.3) is 0 Å². The van der Waals surface area contributed by atoms with Gasteiger partial charge in [0.15, 0.2) is 11.5 Å². The maximum Gasteiger partial charge on any atom is 0.204 e. The van der Waals surface area contributed by atoms with Gasteiger partial charge in [0.1, 0.15) is 6.61 Å². The molecule has 0 radical (unpaired) electrons. The second-order valence-corrected chi connectivity index (χ2v) is 9.32. The largest absolute Gasteiger partial charge is 0.490 e. The van der Waals surface area contributed by atoms with E-state index in [0.717, 1.165) is 43.4 Å². The van der Waals surface area contributed by atoms with Crippen LogP contribution < -0.4 is 9.47 Å². The van der Waals surface area contributed by atoms with Gasteiger partial charge in [-0.3, -0.25) is 0 Å². The molecule has 2 saturated carbocycles. The van der Waals surface area contributed by atoms with E-state index < -0.39 is 11.6 Å². The first-order valence-electron chi connectivity index (χ1n) is 11.6. The van der Waals surface area contributed by atoms with Crippen molar-refractivity contribution < 1.29 is 18.3 Å². The van der Waals surface area contributed by atoms with Crippen molar-refractivity contribution in [1.82, 2.24) is 0 Å². The molecule has 1 unspecified atom stereocenters. The Morgan fingerprint density at radius 1 is 0.828 bits per heavy atom. The quantitative estimate of drug-likeness (QED) is 0.431. The molecule has 3 aliphatic carbocycles. The summed E-state index contributed by atoms with van der Waals surface area (Å²) in [4.78, 5) is 0. The number of benzene rings is 1. The molecule has 1 atom stereocenters. The molecule has 0 saturated heterocycles. The lowest BCUT2D eigenvalue weighted by Gasteiger charge is -2.35. The number of hydrogen-bond acceptors (Lipinski definition) is 2. The van der Waals surface area contributed by atoms with E-state index in [1.165, 1.54) is 56.2 Å². The van der Waals surface area contributed by atoms with Crippen LogP contribution in [0.5, 0.6) is 11.5 Å². The third-order valence-corrected chi connectivity index (χ3v) is 7.28. The monoisotopic (exact) mass is 404 g/mol. The van der Waals surface area contributed by atoms with Crippen LogP contribution in [0.4, 0.5) is 8.78 Å². The van der Waals surface area contributed by atoms with Crippen LogP contribution in [0, 0.1) is 35.3 Å². The second-order valence-electron chi connectivity index (χ2n) is 9.32. The van der Waals surface area contributed by atoms with Crippen LogP contribution in [0.2, 0.25) is 0 Å². The van der Waals surface area contributed by atoms with Crippen LogP contribution in [0.3, 0.4) is 0 Å². The van der Waals surface area contributed by atoms with Gasteiger partial charge < -0.3 is 9.47 Å². The van der Waals surface area contributed by atoms with Gasteiger partial charge in [-0.1, -0.05) is 32.3 Å². The van der Waals surface area contributed by atoms with Gasteiger partial charge >= 0.3 is 0 Å². The van der Waals surface area contributed by atoms with Gasteiger partial charge in [-0.25, -0.2) is 0 Å². The topological polar surface area (TPSA) is 18.5 Å². The molecule has 0 bridgehead atoms. The van der Waals surface area contributed by atoms with Crippen LogP contribution in [-0.2, 0) is 0 Å². The summed E-state index contributed by atoms with van der Waals surface area (Å²) in [6.45, 7) is 3.11. The van der Waals surface area contributed by atoms with Gasteiger partial charge in [-0.15, -0.1) is 0 Å². The molecule has 3 aliphatic rings. The van der Waals surface area contributed by atoms with Gasteiger partial charge in [-0.2, -0.15) is 8.78 Å². The van der Waals surface area contributed by atoms with Gasteiger partial charge in [0.25, 0.3) is 0 Å². The third kappa shape index (κ3) is 5.32. The zero-order valence-electron chi connectivity index (χ0n) is 17.6. The van der Waals surface area contributed by atoms with E-state index >= 15 is 0 Å². The normalized spacial score (nSPS) is 27.4. The van der Waals surface area contributed by atoms with Crippen LogP contribution >= 0.6 is 0 Å². The van der Waals surface area contributed by atoms with E-state index in [-0.39, 0.29) is 11.5 Å². The first-order chi connectivity index (χ1) is 14.1. The molecule has 0 spiro atoms. The highest BCUT2D eigenvalue weighted by atomic mass is 19.2. The Labute approximate surface area is 173 Å². The number of rotatable bonds is 8. The van der Waals surface area contributed by atoms with E-state index in [9.17, 15) is 8.78 Å². The fourth-order valence-corrected chi connectivity index (χ4v) is 4.94. The van der Waals surface area contributed by atoms with Crippen LogP contribution in [0.15, 0.2) is 23.8 Å². The van der Waals surface area contributed by atoms with Gasteiger partial charge in [-0.05, 0) is 86.3 Å². The molecular weight excluding hydrogens is 370 g/mol. The Hall–Kier alpha value is -1.58. The lowest BCUT2D eigenvalue weighted by Crippen LogP contribution is -2.23. The average Bonchev–Trinajstić information content (AvgIpc) is 3.59. The highest BCUT2D eigenvalue weighted by Crippen LogP contribution is 2.40. The zero-order chi connectivity index (χ0) is 20.2. The number of ether oxygens (including phenoxy) is 2. The minimum atomic E-state index is -0.944. The first-order valence-corrected chi connectivity index (χ1v) is 11.6. The van der Waals surface area contributed by atoms with E-state index in [4.69, 9.17) is 9.47 Å². The Balaban J connectivity index is 1.26. The predicted octanol–water partition coefficient (Wildman–Crippen LogP) is 7.08. The SMILES string of the molecule is CCC1CCC(C2CC=C(COc3ccc(OCC4CC4)c(F)c3F)CC2)CC1. The van der Waals surface area contributed by atoms with Crippen molar-refractivity contribution in [3.8, 4) is 11.5 Å². The van der Waals surface area contributed by atoms with Crippen molar-refractivity contribution in [3.63, 3.8) is 0 Å². The summed E-state index contributed by atoms with van der Waals surface area (Å²) in [6, 6.07) is 2.97. The number of halogens is 2. The first kappa shape index (κ1) is 20.7. The van der Waals surface area contributed by atoms with E-state index in [2.05, 4.69) is 13.0 Å². The standard InChI is InChI=1S/C25H34F2O2/c1-2-17-5-9-20(10-6-17)21-11-7-19(8-12-21)16-29-23-14-13-22(24(26)25(23)27)28-15-18-3-4-18/h7,13-14,17-18,20-21H,2-6,8-12,15-16H2,1H3. The Bertz CT molecular complexity index is 718. The minimum Gasteiger partial charge on any atom is -0.490 e. The summed E-state index contributed by atoms with van der Waals surface area (Å²) in [5, 5.41) is 0. The Morgan fingerprint density at radius 3 is 2.07 bits per heavy atom. The molecule has 29 heavy (non-hydrogen) atoms. The van der Waals surface area contributed by atoms with Gasteiger partial charge in [0.05, 0.1) is 6.61 Å². The highest BCUT2D eigenvalue weighted by Gasteiger charge is 2.28. The molecular formula is C25H34F2O2. The molecule has 0 aromatic heterocycles. The smallest absolute Gasteiger partial charge is 0.204 e. The van der Waals surface area contributed by atoms with Crippen LogP contribution in [0.1, 0.15) is 71.1 Å². The van der Waals surface area contributed by atoms with Crippen molar-refractivity contribution in [1.29, 1.82) is 0 Å². The molecule has 160 valence electrons. The summed E-state index contributed by atoms with van der Waals surface area (Å²) < 4.78 is 39.5. The van der Waals surface area contributed by atoms with E-state index in [0.29, 0.717) is 19.1 Å². The van der Waals surface area contributed by atoms with Gasteiger partial charge in [0.2, 0.25) is 11.6 Å². The Morgan fingerprint density at radius 2 is 1.48 bits per heavy atom. The third-order valence-electron chi connectivity index (χ3n) is 7.28. The lowest BCUT2D eigenvalue weighted by atomic mass is 9.71. The lowest BCUT2D eigenvalue weighted by molar-refractivity contribution is 0.187. The minimum absolute atomic E-state index is 0.0146. The molecule has 4 heteroatoms. The molecule has 0 aliphatic heterocycles. The van der Waals surface area contributed by atoms with Crippen molar-refractivity contribution in [3.05, 3.63) is 35.4 Å². The zero-order valence-corrected chi connectivity index (χ0v) is 17.6. The highest BCUT2D eigenvalue weighted by molar-refractivity contribution is 5.35. The maximum atomic E-state index is 14.3. The van der Waals surface area contributed by atoms with Crippen LogP contribution in [-0.4, -0.2) is 13.2 Å². The molecule has 0 amide bonds. The van der Waals surface area contributed by atoms with Crippen molar-refractivity contribution in [2.24, 2.45) is 23.7 Å². The van der Waals surface area contributed by atoms with Crippen molar-refractivity contribution in [2.45, 2.75) is 71.1 Å². The number of allylic oxidation sites excluding steroid dienone is 1. The molecule has 0 N–H and O–H groups in total. The summed E-state index contributed by atoms with van der Waals surface area (Å²) in [5.41, 5.74) is 1.21. The van der Waals surface area contributed by atoms with Crippen molar-refractivity contribution >= 4 is 0 Å². The van der Waals surface area contributed by atoms with Gasteiger partial charge in [0, 0.05) is 0 Å². The molecule has 1 aromatic carbocycles. The summed E-state index contributed by atoms with van der Waals surface area (Å²) in [7, 11) is 0. The fourth-order valence-electron chi connectivity index (χ4n) is 4.94. The maximum absolute atomic E-state index is 14.3. The van der Waals surface area contributed by atoms with E-state index in [1.807, 2.05) is 0 Å². The van der Waals surface area contributed by atoms with E-state index in [1.54, 1.807) is 0 Å². The molecule has 2 nitrogen and oxygen atoms in total. The molecule has 4 rings (SSSR count). The number of hydrogen-bond donors (Lipinski definition) is 0. The summed E-state index contributed by atoms with van der Waals surface area (Å²) >= 11 is 0. The van der Waals surface area contributed by atoms with Crippen molar-refractivity contribution in [2.75, 3.05) is 13.2 Å². The fraction of sp³-hybridized carbons (Fsp3) is 0.680. The molecule has 0 heterocycles. The molecule has 1 aromatic rings. The second kappa shape index (κ2) is 9.49. The Kier molecular flexibility index (Phi) is 6.77. The average molecular weight is 405 g/mol. The summed E-state index contributed by atoms with van der Waals surface area (Å²) in [6.07, 6.45) is 14.7.